The van der Waals surface area contributed by atoms with Crippen LogP contribution in [0, 0.1) is 0 Å². The monoisotopic (exact) mass is 578 g/mol. The van der Waals surface area contributed by atoms with Crippen molar-refractivity contribution in [2.75, 3.05) is 6.61 Å². The third-order valence-corrected chi connectivity index (χ3v) is 6.23. The van der Waals surface area contributed by atoms with Crippen LogP contribution in [-0.2, 0) is 14.4 Å². The van der Waals surface area contributed by atoms with Crippen molar-refractivity contribution in [2.24, 2.45) is 0 Å². The lowest BCUT2D eigenvalue weighted by atomic mass is 9.73. The topological polar surface area (TPSA) is 233 Å². The summed E-state index contributed by atoms with van der Waals surface area (Å²) in [7, 11) is 0. The number of aliphatic hydroxyl groups excluding tert-OH is 1. The Morgan fingerprint density at radius 2 is 0.833 bits per heavy atom. The Kier molecular flexibility index (Phi) is 9.18. The average molecular weight is 579 g/mol. The van der Waals surface area contributed by atoms with Crippen LogP contribution >= 0.6 is 0 Å². The van der Waals surface area contributed by atoms with Crippen molar-refractivity contribution in [2.45, 2.75) is 11.2 Å². The van der Waals surface area contributed by atoms with Gasteiger partial charge in [0.1, 0.15) is 0 Å². The summed E-state index contributed by atoms with van der Waals surface area (Å²) in [6, 6.07) is 10.2. The molecule has 0 spiro atoms. The molecule has 1 unspecified atom stereocenters. The predicted octanol–water partition coefficient (Wildman–Crippen LogP) is 1.52. The lowest BCUT2D eigenvalue weighted by molar-refractivity contribution is -0.186. The number of hydrogen-bond acceptors (Lipinski definition) is 12. The van der Waals surface area contributed by atoms with E-state index in [-0.39, 0.29) is 16.7 Å². The van der Waals surface area contributed by atoms with Crippen LogP contribution in [0.3, 0.4) is 0 Å². The minimum absolute atomic E-state index is 0.106. The third kappa shape index (κ3) is 6.31. The Balaban J connectivity index is 2.07. The Labute approximate surface area is 237 Å². The van der Waals surface area contributed by atoms with Crippen molar-refractivity contribution in [1.82, 2.24) is 0 Å². The van der Waals surface area contributed by atoms with Gasteiger partial charge in [-0.1, -0.05) is 36.4 Å². The molecule has 12 nitrogen and oxygen atoms in total. The third-order valence-electron chi connectivity index (χ3n) is 6.23. The van der Waals surface area contributed by atoms with E-state index < -0.39 is 69.7 Å². The number of benzene rings is 3. The number of carbonyl (C=O) groups excluding carboxylic acids is 3. The van der Waals surface area contributed by atoms with Crippen molar-refractivity contribution < 1.29 is 60.3 Å². The summed E-state index contributed by atoms with van der Waals surface area (Å²) in [4.78, 5) is 39.8. The quantitative estimate of drug-likeness (QED) is 0.0895. The van der Waals surface area contributed by atoms with Crippen molar-refractivity contribution in [3.63, 3.8) is 0 Å². The number of ketones is 3. The highest BCUT2D eigenvalue weighted by atomic mass is 16.4. The van der Waals surface area contributed by atoms with Gasteiger partial charge in [0.25, 0.3) is 0 Å². The fraction of sp³-hybridized carbons (Fsp3) is 0.100. The molecule has 9 N–H and O–H groups in total. The molecule has 3 aromatic rings. The van der Waals surface area contributed by atoms with Crippen LogP contribution in [0.1, 0.15) is 16.7 Å². The minimum Gasteiger partial charge on any atom is -0.504 e. The maximum Gasteiger partial charge on any atom is 0.228 e. The summed E-state index contributed by atoms with van der Waals surface area (Å²) < 4.78 is 0. The fourth-order valence-corrected chi connectivity index (χ4v) is 3.73. The van der Waals surface area contributed by atoms with Gasteiger partial charge in [-0.05, 0) is 71.3 Å². The van der Waals surface area contributed by atoms with E-state index in [9.17, 15) is 60.3 Å². The van der Waals surface area contributed by atoms with Crippen LogP contribution in [0.2, 0.25) is 0 Å². The molecular weight excluding hydrogens is 552 g/mol. The Morgan fingerprint density at radius 1 is 0.524 bits per heavy atom. The van der Waals surface area contributed by atoms with Crippen LogP contribution in [0.5, 0.6) is 34.5 Å². The molecular formula is C30H26O12. The molecule has 0 amide bonds. The van der Waals surface area contributed by atoms with Crippen LogP contribution < -0.4 is 0 Å². The molecule has 3 rings (SSSR count). The number of hydrogen-bond donors (Lipinski definition) is 9. The standard InChI is InChI=1S/C30H26O12/c31-16-29(41,26(38)10-4-17-1-7-20(32)23(35)13-17)30(42,27(39)11-5-18-2-8-21(33)24(36)14-18)28(40)12-6-19-3-9-22(34)25(37)15-19/h1-15,31-37,41-42H,16H2/b10-4+,11-5+,12-6+. The van der Waals surface area contributed by atoms with Gasteiger partial charge in [0.2, 0.25) is 5.60 Å². The zero-order chi connectivity index (χ0) is 31.2. The second-order valence-corrected chi connectivity index (χ2v) is 9.07. The molecule has 12 heteroatoms. The van der Waals surface area contributed by atoms with E-state index in [1.54, 1.807) is 0 Å². The second-order valence-electron chi connectivity index (χ2n) is 9.07. The number of phenolic OH excluding ortho intramolecular Hbond substituents is 6. The predicted molar refractivity (Wildman–Crippen MR) is 148 cm³/mol. The first kappa shape index (κ1) is 31.1. The largest absolute Gasteiger partial charge is 0.504 e. The summed E-state index contributed by atoms with van der Waals surface area (Å²) in [5.74, 6) is -7.65. The fourth-order valence-electron chi connectivity index (χ4n) is 3.73. The van der Waals surface area contributed by atoms with Crippen molar-refractivity contribution in [1.29, 1.82) is 0 Å². The van der Waals surface area contributed by atoms with Crippen molar-refractivity contribution in [3.8, 4) is 34.5 Å². The highest BCUT2D eigenvalue weighted by Gasteiger charge is 2.61. The first-order valence-electron chi connectivity index (χ1n) is 12.0. The minimum atomic E-state index is -3.63. The van der Waals surface area contributed by atoms with Gasteiger partial charge in [0.05, 0.1) is 6.61 Å². The summed E-state index contributed by atoms with van der Waals surface area (Å²) in [5, 5.41) is 90.2. The van der Waals surface area contributed by atoms with E-state index in [2.05, 4.69) is 0 Å². The van der Waals surface area contributed by atoms with Gasteiger partial charge in [0.15, 0.2) is 57.4 Å². The number of aliphatic hydroxyl groups is 3. The molecule has 0 saturated carbocycles. The smallest absolute Gasteiger partial charge is 0.228 e. The zero-order valence-electron chi connectivity index (χ0n) is 21.6. The first-order chi connectivity index (χ1) is 19.7. The van der Waals surface area contributed by atoms with Crippen LogP contribution in [0.25, 0.3) is 18.2 Å². The maximum atomic E-state index is 13.3. The van der Waals surface area contributed by atoms with Gasteiger partial charge >= 0.3 is 0 Å². The Hall–Kier alpha value is -5.43. The SMILES string of the molecule is O=C(/C=C/c1ccc(O)c(O)c1)C(O)(CO)C(O)(C(=O)/C=C/c1ccc(O)c(O)c1)C(=O)/C=C/c1ccc(O)c(O)c1. The highest BCUT2D eigenvalue weighted by molar-refractivity contribution is 6.25. The summed E-state index contributed by atoms with van der Waals surface area (Å²) >= 11 is 0. The number of rotatable bonds is 11. The van der Waals surface area contributed by atoms with E-state index in [0.717, 1.165) is 54.6 Å². The molecule has 0 aromatic heterocycles. The maximum absolute atomic E-state index is 13.3. The molecule has 0 aliphatic heterocycles. The number of carbonyl (C=O) groups is 3. The Morgan fingerprint density at radius 3 is 1.12 bits per heavy atom. The van der Waals surface area contributed by atoms with Gasteiger partial charge in [-0.15, -0.1) is 0 Å². The lowest BCUT2D eigenvalue weighted by Crippen LogP contribution is -2.68. The molecule has 0 radical (unpaired) electrons. The van der Waals surface area contributed by atoms with Gasteiger partial charge in [-0.2, -0.15) is 0 Å². The van der Waals surface area contributed by atoms with Gasteiger partial charge < -0.3 is 46.0 Å². The normalized spacial score (nSPS) is 13.5. The lowest BCUT2D eigenvalue weighted by Gasteiger charge is -2.36. The van der Waals surface area contributed by atoms with E-state index in [1.807, 2.05) is 0 Å². The van der Waals surface area contributed by atoms with Crippen LogP contribution in [-0.4, -0.2) is 81.1 Å². The average Bonchev–Trinajstić information content (AvgIpc) is 2.97. The Bertz CT molecular complexity index is 1540. The number of phenols is 6. The molecule has 1 atom stereocenters. The van der Waals surface area contributed by atoms with Crippen LogP contribution in [0.4, 0.5) is 0 Å². The summed E-state index contributed by atoms with van der Waals surface area (Å²) in [6.07, 6.45) is 4.87. The summed E-state index contributed by atoms with van der Waals surface area (Å²) in [5.41, 5.74) is -6.76. The van der Waals surface area contributed by atoms with Crippen molar-refractivity contribution >= 4 is 35.6 Å². The molecule has 0 aliphatic rings. The molecule has 3 aromatic carbocycles. The molecule has 0 bridgehead atoms. The molecule has 0 aliphatic carbocycles. The first-order valence-corrected chi connectivity index (χ1v) is 12.0. The number of aromatic hydroxyl groups is 6. The molecule has 0 saturated heterocycles. The van der Waals surface area contributed by atoms with Gasteiger partial charge in [-0.3, -0.25) is 14.4 Å². The second kappa shape index (κ2) is 12.4. The molecule has 42 heavy (non-hydrogen) atoms. The molecule has 218 valence electrons. The highest BCUT2D eigenvalue weighted by Crippen LogP contribution is 2.31. The molecule has 0 heterocycles. The van der Waals surface area contributed by atoms with Gasteiger partial charge in [-0.25, -0.2) is 0 Å². The van der Waals surface area contributed by atoms with Crippen LogP contribution in [0.15, 0.2) is 72.8 Å². The van der Waals surface area contributed by atoms with E-state index >= 15 is 0 Å². The van der Waals surface area contributed by atoms with E-state index in [1.165, 1.54) is 18.2 Å². The van der Waals surface area contributed by atoms with E-state index in [0.29, 0.717) is 18.2 Å². The van der Waals surface area contributed by atoms with Crippen molar-refractivity contribution in [3.05, 3.63) is 89.5 Å². The van der Waals surface area contributed by atoms with E-state index in [4.69, 9.17) is 0 Å². The summed E-state index contributed by atoms with van der Waals surface area (Å²) in [6.45, 7) is -1.62. The zero-order valence-corrected chi connectivity index (χ0v) is 21.6. The van der Waals surface area contributed by atoms with Gasteiger partial charge in [0, 0.05) is 0 Å². The molecule has 0 fully saturated rings.